The first-order chi connectivity index (χ1) is 11.9. The number of ether oxygens (including phenoxy) is 1. The number of carboxylic acids is 1. The third-order valence-electron chi connectivity index (χ3n) is 3.64. The Balaban J connectivity index is 1.95. The van der Waals surface area contributed by atoms with E-state index >= 15 is 0 Å². The second-order valence-electron chi connectivity index (χ2n) is 5.70. The summed E-state index contributed by atoms with van der Waals surface area (Å²) >= 11 is 1.67. The van der Waals surface area contributed by atoms with Gasteiger partial charge in [0.2, 0.25) is 0 Å². The number of thiazole rings is 1. The number of rotatable bonds is 8. The highest BCUT2D eigenvalue weighted by molar-refractivity contribution is 7.11. The zero-order valence-corrected chi connectivity index (χ0v) is 15.4. The predicted octanol–water partition coefficient (Wildman–Crippen LogP) is 2.76. The summed E-state index contributed by atoms with van der Waals surface area (Å²) in [4.78, 5) is 28.5. The van der Waals surface area contributed by atoms with Crippen LogP contribution in [-0.2, 0) is 17.6 Å². The van der Waals surface area contributed by atoms with Crippen LogP contribution in [0.25, 0.3) is 0 Å². The molecular weight excluding hydrogens is 340 g/mol. The van der Waals surface area contributed by atoms with E-state index in [1.54, 1.807) is 37.3 Å². The molecule has 2 N–H and O–H groups in total. The minimum absolute atomic E-state index is 0.164. The second kappa shape index (κ2) is 8.62. The molecule has 0 bridgehead atoms. The number of nitrogens with zero attached hydrogens (tertiary/aromatic N) is 1. The number of aromatic nitrogens is 1. The number of hydrogen-bond donors (Lipinski definition) is 2. The number of carbonyl (C=O) groups is 2. The number of aryl methyl sites for hydroxylation is 3. The molecule has 0 aliphatic carbocycles. The molecule has 0 radical (unpaired) electrons. The Morgan fingerprint density at radius 1 is 1.28 bits per heavy atom. The minimum Gasteiger partial charge on any atom is -0.481 e. The predicted molar refractivity (Wildman–Crippen MR) is 96.6 cm³/mol. The molecule has 0 saturated carbocycles. The Labute approximate surface area is 150 Å². The number of hydrogen-bond acceptors (Lipinski definition) is 5. The topological polar surface area (TPSA) is 88.5 Å². The van der Waals surface area contributed by atoms with Gasteiger partial charge in [0.1, 0.15) is 5.75 Å². The molecule has 7 heteroatoms. The van der Waals surface area contributed by atoms with Crippen molar-refractivity contribution >= 4 is 23.2 Å². The highest BCUT2D eigenvalue weighted by atomic mass is 32.1. The minimum atomic E-state index is -1.03. The maximum absolute atomic E-state index is 12.3. The van der Waals surface area contributed by atoms with Crippen LogP contribution in [0.5, 0.6) is 5.75 Å². The standard InChI is InChI=1S/C18H22N2O4S/c1-4-14-9-20-15(25-14)5-6-19-18(23)13-7-11(2)17(12(3)8-13)24-10-16(21)22/h7-9H,4-6,10H2,1-3H3,(H,19,23)(H,21,22). The quantitative estimate of drug-likeness (QED) is 0.754. The average Bonchev–Trinajstić information content (AvgIpc) is 3.01. The van der Waals surface area contributed by atoms with Gasteiger partial charge < -0.3 is 15.2 Å². The van der Waals surface area contributed by atoms with Crippen LogP contribution in [0.2, 0.25) is 0 Å². The normalized spacial score (nSPS) is 10.5. The molecule has 6 nitrogen and oxygen atoms in total. The molecule has 0 unspecified atom stereocenters. The number of carbonyl (C=O) groups excluding carboxylic acids is 1. The summed E-state index contributed by atoms with van der Waals surface area (Å²) in [5.74, 6) is -0.689. The monoisotopic (exact) mass is 362 g/mol. The van der Waals surface area contributed by atoms with Gasteiger partial charge in [-0.1, -0.05) is 6.92 Å². The maximum atomic E-state index is 12.3. The SMILES string of the molecule is CCc1cnc(CCNC(=O)c2cc(C)c(OCC(=O)O)c(C)c2)s1. The molecule has 1 aromatic carbocycles. The van der Waals surface area contributed by atoms with Gasteiger partial charge >= 0.3 is 5.97 Å². The first-order valence-electron chi connectivity index (χ1n) is 8.08. The molecule has 0 fully saturated rings. The van der Waals surface area contributed by atoms with Crippen molar-refractivity contribution in [2.45, 2.75) is 33.6 Å². The van der Waals surface area contributed by atoms with E-state index in [0.717, 1.165) is 22.6 Å². The first-order valence-corrected chi connectivity index (χ1v) is 8.90. The summed E-state index contributed by atoms with van der Waals surface area (Å²) in [5.41, 5.74) is 2.00. The lowest BCUT2D eigenvalue weighted by molar-refractivity contribution is -0.139. The van der Waals surface area contributed by atoms with E-state index in [1.165, 1.54) is 4.88 Å². The molecule has 0 saturated heterocycles. The zero-order valence-electron chi connectivity index (χ0n) is 14.6. The summed E-state index contributed by atoms with van der Waals surface area (Å²) in [6, 6.07) is 3.41. The lowest BCUT2D eigenvalue weighted by Crippen LogP contribution is -2.26. The van der Waals surface area contributed by atoms with Crippen molar-refractivity contribution < 1.29 is 19.4 Å². The van der Waals surface area contributed by atoms with E-state index in [2.05, 4.69) is 17.2 Å². The molecule has 2 rings (SSSR count). The van der Waals surface area contributed by atoms with E-state index in [4.69, 9.17) is 9.84 Å². The molecule has 1 heterocycles. The van der Waals surface area contributed by atoms with Crippen molar-refractivity contribution in [2.24, 2.45) is 0 Å². The fraction of sp³-hybridized carbons (Fsp3) is 0.389. The van der Waals surface area contributed by atoms with E-state index < -0.39 is 12.6 Å². The van der Waals surface area contributed by atoms with Crippen molar-refractivity contribution in [2.75, 3.05) is 13.2 Å². The Kier molecular flexibility index (Phi) is 6.52. The summed E-state index contributed by atoms with van der Waals surface area (Å²) in [5, 5.41) is 12.6. The smallest absolute Gasteiger partial charge is 0.341 e. The number of aliphatic carboxylic acids is 1. The van der Waals surface area contributed by atoms with E-state index in [9.17, 15) is 9.59 Å². The van der Waals surface area contributed by atoms with Gasteiger partial charge in [-0.05, 0) is 43.5 Å². The van der Waals surface area contributed by atoms with E-state index in [1.807, 2.05) is 6.20 Å². The fourth-order valence-electron chi connectivity index (χ4n) is 2.46. The molecule has 25 heavy (non-hydrogen) atoms. The maximum Gasteiger partial charge on any atom is 0.341 e. The van der Waals surface area contributed by atoms with Crippen LogP contribution in [0.3, 0.4) is 0 Å². The zero-order chi connectivity index (χ0) is 18.4. The van der Waals surface area contributed by atoms with Crippen LogP contribution >= 0.6 is 11.3 Å². The lowest BCUT2D eigenvalue weighted by atomic mass is 10.1. The van der Waals surface area contributed by atoms with Crippen molar-refractivity contribution in [3.8, 4) is 5.75 Å². The van der Waals surface area contributed by atoms with Gasteiger partial charge in [0.15, 0.2) is 6.61 Å². The molecular formula is C18H22N2O4S. The van der Waals surface area contributed by atoms with Crippen LogP contribution in [0.15, 0.2) is 18.3 Å². The van der Waals surface area contributed by atoms with Gasteiger partial charge in [-0.15, -0.1) is 11.3 Å². The summed E-state index contributed by atoms with van der Waals surface area (Å²) in [7, 11) is 0. The summed E-state index contributed by atoms with van der Waals surface area (Å²) in [6.07, 6.45) is 3.55. The Hall–Kier alpha value is -2.41. The number of nitrogens with one attached hydrogen (secondary N) is 1. The molecule has 0 aliphatic heterocycles. The van der Waals surface area contributed by atoms with Crippen LogP contribution in [0.1, 0.15) is 38.3 Å². The van der Waals surface area contributed by atoms with E-state index in [0.29, 0.717) is 24.3 Å². The van der Waals surface area contributed by atoms with Crippen LogP contribution < -0.4 is 10.1 Å². The molecule has 2 aromatic rings. The fourth-order valence-corrected chi connectivity index (χ4v) is 3.32. The summed E-state index contributed by atoms with van der Waals surface area (Å²) in [6.45, 7) is 5.80. The Bertz CT molecular complexity index is 747. The molecule has 134 valence electrons. The molecule has 1 aromatic heterocycles. The molecule has 1 amide bonds. The number of carboxylic acid groups (broad SMARTS) is 1. The van der Waals surface area contributed by atoms with Crippen molar-refractivity contribution in [1.29, 1.82) is 0 Å². The third kappa shape index (κ3) is 5.29. The highest BCUT2D eigenvalue weighted by Crippen LogP contribution is 2.25. The van der Waals surface area contributed by atoms with Crippen LogP contribution in [0, 0.1) is 13.8 Å². The van der Waals surface area contributed by atoms with Gasteiger partial charge in [-0.2, -0.15) is 0 Å². The van der Waals surface area contributed by atoms with E-state index in [-0.39, 0.29) is 5.91 Å². The molecule has 0 spiro atoms. The number of benzene rings is 1. The molecule has 0 atom stereocenters. The van der Waals surface area contributed by atoms with Crippen molar-refractivity contribution in [3.05, 3.63) is 44.9 Å². The van der Waals surface area contributed by atoms with Gasteiger partial charge in [0, 0.05) is 29.6 Å². The van der Waals surface area contributed by atoms with Crippen LogP contribution in [0.4, 0.5) is 0 Å². The average molecular weight is 362 g/mol. The summed E-state index contributed by atoms with van der Waals surface area (Å²) < 4.78 is 5.28. The van der Waals surface area contributed by atoms with Gasteiger partial charge in [-0.25, -0.2) is 9.78 Å². The van der Waals surface area contributed by atoms with Gasteiger partial charge in [-0.3, -0.25) is 4.79 Å². The highest BCUT2D eigenvalue weighted by Gasteiger charge is 2.13. The second-order valence-corrected chi connectivity index (χ2v) is 6.90. The van der Waals surface area contributed by atoms with Crippen molar-refractivity contribution in [3.63, 3.8) is 0 Å². The Morgan fingerprint density at radius 3 is 2.52 bits per heavy atom. The van der Waals surface area contributed by atoms with Gasteiger partial charge in [0.05, 0.1) is 5.01 Å². The van der Waals surface area contributed by atoms with Crippen molar-refractivity contribution in [1.82, 2.24) is 10.3 Å². The largest absolute Gasteiger partial charge is 0.481 e. The van der Waals surface area contributed by atoms with Crippen LogP contribution in [-0.4, -0.2) is 35.1 Å². The van der Waals surface area contributed by atoms with Gasteiger partial charge in [0.25, 0.3) is 5.91 Å². The Morgan fingerprint density at radius 2 is 1.96 bits per heavy atom. The lowest BCUT2D eigenvalue weighted by Gasteiger charge is -2.13. The molecule has 0 aliphatic rings. The number of amides is 1. The first kappa shape index (κ1) is 18.9. The third-order valence-corrected chi connectivity index (χ3v) is 4.84.